The monoisotopic (exact) mass is 394 g/mol. The van der Waals surface area contributed by atoms with Crippen LogP contribution in [0, 0.1) is 11.8 Å². The first kappa shape index (κ1) is 22.6. The molecule has 0 aliphatic heterocycles. The minimum Gasteiger partial charge on any atom is -0.371 e. The van der Waals surface area contributed by atoms with E-state index in [0.717, 1.165) is 29.9 Å². The molecular formula is C20H30O4SSi. The third-order valence-electron chi connectivity index (χ3n) is 4.05. The molecule has 144 valence electrons. The molecule has 0 aliphatic rings. The van der Waals surface area contributed by atoms with E-state index < -0.39 is 30.4 Å². The molecule has 0 aromatic heterocycles. The molecule has 0 saturated carbocycles. The Bertz CT molecular complexity index is 780. The lowest BCUT2D eigenvalue weighted by Crippen LogP contribution is -2.31. The molecule has 0 radical (unpaired) electrons. The summed E-state index contributed by atoms with van der Waals surface area (Å²) in [6.07, 6.45) is 3.52. The zero-order valence-electron chi connectivity index (χ0n) is 16.4. The van der Waals surface area contributed by atoms with E-state index in [1.54, 1.807) is 12.1 Å². The summed E-state index contributed by atoms with van der Waals surface area (Å²) in [6, 6.07) is 7.33. The average molecular weight is 395 g/mol. The zero-order valence-corrected chi connectivity index (χ0v) is 18.2. The van der Waals surface area contributed by atoms with Crippen molar-refractivity contribution in [3.8, 4) is 11.8 Å². The minimum absolute atomic E-state index is 0.431. The fourth-order valence-electron chi connectivity index (χ4n) is 2.24. The molecule has 1 aromatic carbocycles. The lowest BCUT2D eigenvalue weighted by atomic mass is 9.94. The van der Waals surface area contributed by atoms with Gasteiger partial charge in [-0.3, -0.25) is 4.18 Å². The van der Waals surface area contributed by atoms with Crippen molar-refractivity contribution in [2.24, 2.45) is 0 Å². The number of hydrogen-bond acceptors (Lipinski definition) is 4. The predicted molar refractivity (Wildman–Crippen MR) is 111 cm³/mol. The zero-order chi connectivity index (χ0) is 20.0. The third-order valence-corrected chi connectivity index (χ3v) is 6.69. The molecular weight excluding hydrogens is 364 g/mol. The Balaban J connectivity index is 3.16. The second-order valence-corrected chi connectivity index (χ2v) is 14.3. The lowest BCUT2D eigenvalue weighted by molar-refractivity contribution is 0.0465. The molecule has 0 fully saturated rings. The Hall–Kier alpha value is -1.39. The van der Waals surface area contributed by atoms with Crippen LogP contribution in [0.25, 0.3) is 5.20 Å². The summed E-state index contributed by atoms with van der Waals surface area (Å²) in [5.41, 5.74) is -0.133. The summed E-state index contributed by atoms with van der Waals surface area (Å²) in [6.45, 7) is 12.5. The summed E-state index contributed by atoms with van der Waals surface area (Å²) < 4.78 is 27.5. The molecule has 1 rings (SSSR count). The standard InChI is InChI=1S/C20H30O4SSi/c1-7-8-9-10-15-20(21,16-24-25(3,22)23)19-13-11-18(12-14-19)17(2)26(4,5)6/h11-14,21H,2,7-9,16H2,1,3-6H3. The van der Waals surface area contributed by atoms with Gasteiger partial charge in [0.1, 0.15) is 6.61 Å². The van der Waals surface area contributed by atoms with E-state index in [2.05, 4.69) is 45.0 Å². The summed E-state index contributed by atoms with van der Waals surface area (Å²) in [4.78, 5) is 0. The quantitative estimate of drug-likeness (QED) is 0.314. The van der Waals surface area contributed by atoms with E-state index in [-0.39, 0.29) is 0 Å². The molecule has 26 heavy (non-hydrogen) atoms. The topological polar surface area (TPSA) is 63.6 Å². The first-order chi connectivity index (χ1) is 11.9. The Morgan fingerprint density at radius 3 is 2.31 bits per heavy atom. The van der Waals surface area contributed by atoms with E-state index in [9.17, 15) is 13.5 Å². The Labute approximate surface area is 159 Å². The third kappa shape index (κ3) is 7.08. The molecule has 6 heteroatoms. The number of hydrogen-bond donors (Lipinski definition) is 1. The SMILES string of the molecule is C=C(c1ccc(C(O)(C#CCCCC)COS(C)(=O)=O)cc1)[Si](C)(C)C. The highest BCUT2D eigenvalue weighted by atomic mass is 32.2. The number of unbranched alkanes of at least 4 members (excludes halogenated alkanes) is 2. The van der Waals surface area contributed by atoms with Crippen molar-refractivity contribution in [1.82, 2.24) is 0 Å². The Kier molecular flexibility index (Phi) is 7.84. The van der Waals surface area contributed by atoms with Gasteiger partial charge in [0.2, 0.25) is 0 Å². The molecule has 0 bridgehead atoms. The summed E-state index contributed by atoms with van der Waals surface area (Å²) in [5.74, 6) is 5.74. The average Bonchev–Trinajstić information content (AvgIpc) is 2.55. The molecule has 1 unspecified atom stereocenters. The maximum absolute atomic E-state index is 11.4. The second-order valence-electron chi connectivity index (χ2n) is 7.54. The summed E-state index contributed by atoms with van der Waals surface area (Å²) in [7, 11) is -5.20. The maximum atomic E-state index is 11.4. The van der Waals surface area contributed by atoms with E-state index in [1.807, 2.05) is 12.1 Å². The molecule has 1 N–H and O–H groups in total. The van der Waals surface area contributed by atoms with Crippen LogP contribution in [0.5, 0.6) is 0 Å². The van der Waals surface area contributed by atoms with Gasteiger partial charge >= 0.3 is 0 Å². The number of rotatable bonds is 8. The molecule has 0 aliphatic carbocycles. The highest BCUT2D eigenvalue weighted by molar-refractivity contribution is 7.85. The molecule has 1 aromatic rings. The summed E-state index contributed by atoms with van der Waals surface area (Å²) >= 11 is 0. The van der Waals surface area contributed by atoms with Crippen LogP contribution in [0.3, 0.4) is 0 Å². The largest absolute Gasteiger partial charge is 0.371 e. The van der Waals surface area contributed by atoms with Gasteiger partial charge in [-0.25, -0.2) is 0 Å². The van der Waals surface area contributed by atoms with Crippen molar-refractivity contribution < 1.29 is 17.7 Å². The van der Waals surface area contributed by atoms with Crippen LogP contribution in [0.4, 0.5) is 0 Å². The van der Waals surface area contributed by atoms with Crippen molar-refractivity contribution in [2.75, 3.05) is 12.9 Å². The van der Waals surface area contributed by atoms with Gasteiger partial charge < -0.3 is 5.11 Å². The van der Waals surface area contributed by atoms with Gasteiger partial charge in [0, 0.05) is 6.42 Å². The van der Waals surface area contributed by atoms with Gasteiger partial charge in [-0.1, -0.05) is 80.9 Å². The summed E-state index contributed by atoms with van der Waals surface area (Å²) in [5, 5.41) is 12.1. The van der Waals surface area contributed by atoms with E-state index >= 15 is 0 Å². The van der Waals surface area contributed by atoms with Crippen molar-refractivity contribution in [3.05, 3.63) is 42.0 Å². The fourth-order valence-corrected chi connectivity index (χ4v) is 3.66. The minimum atomic E-state index is -3.68. The van der Waals surface area contributed by atoms with Crippen LogP contribution in [0.2, 0.25) is 19.6 Å². The van der Waals surface area contributed by atoms with Crippen LogP contribution < -0.4 is 0 Å². The van der Waals surface area contributed by atoms with Gasteiger partial charge in [-0.05, 0) is 17.5 Å². The molecule has 0 heterocycles. The highest BCUT2D eigenvalue weighted by Crippen LogP contribution is 2.27. The molecule has 1 atom stereocenters. The number of aliphatic hydroxyl groups is 1. The first-order valence-corrected chi connectivity index (χ1v) is 14.1. The molecule has 4 nitrogen and oxygen atoms in total. The number of benzene rings is 1. The van der Waals surface area contributed by atoms with Crippen LogP contribution in [-0.2, 0) is 19.9 Å². The van der Waals surface area contributed by atoms with E-state index in [1.165, 1.54) is 0 Å². The normalized spacial score (nSPS) is 14.2. The van der Waals surface area contributed by atoms with Crippen LogP contribution >= 0.6 is 0 Å². The predicted octanol–water partition coefficient (Wildman–Crippen LogP) is 3.93. The Morgan fingerprint density at radius 1 is 1.27 bits per heavy atom. The molecule has 0 saturated heterocycles. The first-order valence-electron chi connectivity index (χ1n) is 8.76. The van der Waals surface area contributed by atoms with Crippen molar-refractivity contribution in [2.45, 2.75) is 51.4 Å². The van der Waals surface area contributed by atoms with Crippen molar-refractivity contribution in [3.63, 3.8) is 0 Å². The van der Waals surface area contributed by atoms with E-state index in [4.69, 9.17) is 4.18 Å². The fraction of sp³-hybridized carbons (Fsp3) is 0.500. The van der Waals surface area contributed by atoms with Gasteiger partial charge in [-0.2, -0.15) is 8.42 Å². The van der Waals surface area contributed by atoms with Crippen LogP contribution in [0.1, 0.15) is 37.3 Å². The van der Waals surface area contributed by atoms with Crippen molar-refractivity contribution >= 4 is 23.4 Å². The van der Waals surface area contributed by atoms with E-state index in [0.29, 0.717) is 12.0 Å². The van der Waals surface area contributed by atoms with Crippen LogP contribution in [0.15, 0.2) is 30.8 Å². The highest BCUT2D eigenvalue weighted by Gasteiger charge is 2.30. The lowest BCUT2D eigenvalue weighted by Gasteiger charge is -2.24. The van der Waals surface area contributed by atoms with Gasteiger partial charge in [-0.15, -0.1) is 0 Å². The van der Waals surface area contributed by atoms with Crippen LogP contribution in [-0.4, -0.2) is 34.5 Å². The Morgan fingerprint density at radius 2 is 1.85 bits per heavy atom. The van der Waals surface area contributed by atoms with Crippen molar-refractivity contribution in [1.29, 1.82) is 0 Å². The smallest absolute Gasteiger partial charge is 0.264 e. The maximum Gasteiger partial charge on any atom is 0.264 e. The molecule has 0 amide bonds. The second kappa shape index (κ2) is 9.00. The van der Waals surface area contributed by atoms with Gasteiger partial charge in [0.15, 0.2) is 5.60 Å². The van der Waals surface area contributed by atoms with Gasteiger partial charge in [0.25, 0.3) is 10.1 Å². The van der Waals surface area contributed by atoms with Gasteiger partial charge in [0.05, 0.1) is 14.3 Å². The molecule has 0 spiro atoms.